The molecule has 0 spiro atoms. The summed E-state index contributed by atoms with van der Waals surface area (Å²) in [5.41, 5.74) is 0.604. The summed E-state index contributed by atoms with van der Waals surface area (Å²) in [5, 5.41) is 11.0. The molecule has 2 nitrogen and oxygen atoms in total. The van der Waals surface area contributed by atoms with E-state index in [1.165, 1.54) is 9.08 Å². The Morgan fingerprint density at radius 2 is 2.33 bits per heavy atom. The molecule has 15 heavy (non-hydrogen) atoms. The van der Waals surface area contributed by atoms with Crippen molar-refractivity contribution in [2.24, 2.45) is 0 Å². The molecule has 0 radical (unpaired) electrons. The van der Waals surface area contributed by atoms with Crippen LogP contribution in [0.3, 0.4) is 0 Å². The SMILES string of the molecule is Clc1csc(I)c1.N#Cc1cccnc1. The lowest BCUT2D eigenvalue weighted by atomic mass is 10.3. The van der Waals surface area contributed by atoms with E-state index in [0.29, 0.717) is 5.56 Å². The van der Waals surface area contributed by atoms with Crippen LogP contribution < -0.4 is 0 Å². The van der Waals surface area contributed by atoms with E-state index in [2.05, 4.69) is 27.6 Å². The lowest BCUT2D eigenvalue weighted by Crippen LogP contribution is -1.72. The van der Waals surface area contributed by atoms with Crippen molar-refractivity contribution in [2.45, 2.75) is 0 Å². The van der Waals surface area contributed by atoms with Gasteiger partial charge in [0, 0.05) is 17.8 Å². The molecule has 0 N–H and O–H groups in total. The number of hydrogen-bond donors (Lipinski definition) is 0. The van der Waals surface area contributed by atoms with Gasteiger partial charge in [0.2, 0.25) is 0 Å². The van der Waals surface area contributed by atoms with Crippen molar-refractivity contribution in [2.75, 3.05) is 0 Å². The van der Waals surface area contributed by atoms with Gasteiger partial charge in [-0.15, -0.1) is 11.3 Å². The molecule has 0 amide bonds. The molecule has 0 aliphatic rings. The lowest BCUT2D eigenvalue weighted by Gasteiger charge is -1.79. The predicted octanol–water partition coefficient (Wildman–Crippen LogP) is 3.96. The van der Waals surface area contributed by atoms with Crippen molar-refractivity contribution in [3.8, 4) is 6.07 Å². The second-order valence-corrected chi connectivity index (χ2v) is 5.66. The Labute approximate surface area is 111 Å². The van der Waals surface area contributed by atoms with E-state index in [-0.39, 0.29) is 0 Å². The zero-order chi connectivity index (χ0) is 11.1. The summed E-state index contributed by atoms with van der Waals surface area (Å²) in [6.07, 6.45) is 3.17. The summed E-state index contributed by atoms with van der Waals surface area (Å²) in [6, 6.07) is 7.35. The first-order valence-electron chi connectivity index (χ1n) is 3.92. The molecule has 2 rings (SSSR count). The molecule has 2 heterocycles. The van der Waals surface area contributed by atoms with Crippen LogP contribution in [0.1, 0.15) is 5.56 Å². The summed E-state index contributed by atoms with van der Waals surface area (Å²) in [4.78, 5) is 3.73. The van der Waals surface area contributed by atoms with Crippen molar-refractivity contribution in [3.63, 3.8) is 0 Å². The molecule has 0 aliphatic heterocycles. The third kappa shape index (κ3) is 5.11. The number of rotatable bonds is 0. The molecule has 0 saturated heterocycles. The number of halogens is 2. The Kier molecular flexibility index (Phi) is 5.61. The van der Waals surface area contributed by atoms with Crippen molar-refractivity contribution >= 4 is 45.5 Å². The van der Waals surface area contributed by atoms with Crippen molar-refractivity contribution in [3.05, 3.63) is 49.4 Å². The zero-order valence-corrected chi connectivity index (χ0v) is 11.3. The van der Waals surface area contributed by atoms with Gasteiger partial charge < -0.3 is 0 Å². The molecule has 0 fully saturated rings. The topological polar surface area (TPSA) is 36.7 Å². The van der Waals surface area contributed by atoms with E-state index in [9.17, 15) is 0 Å². The van der Waals surface area contributed by atoms with Gasteiger partial charge in [-0.2, -0.15) is 5.26 Å². The number of thiophene rings is 1. The largest absolute Gasteiger partial charge is 0.263 e. The summed E-state index contributed by atoms with van der Waals surface area (Å²) < 4.78 is 1.24. The Hall–Kier alpha value is -0.640. The second-order valence-electron chi connectivity index (χ2n) is 2.42. The maximum Gasteiger partial charge on any atom is 0.101 e. The minimum Gasteiger partial charge on any atom is -0.263 e. The van der Waals surface area contributed by atoms with Crippen LogP contribution in [-0.2, 0) is 0 Å². The van der Waals surface area contributed by atoms with E-state index in [1.54, 1.807) is 29.7 Å². The molecule has 0 bridgehead atoms. The fraction of sp³-hybridized carbons (Fsp3) is 0. The number of aromatic nitrogens is 1. The Morgan fingerprint density at radius 1 is 1.53 bits per heavy atom. The van der Waals surface area contributed by atoms with Crippen LogP contribution in [0.2, 0.25) is 5.02 Å². The smallest absolute Gasteiger partial charge is 0.101 e. The molecule has 0 unspecified atom stereocenters. The Morgan fingerprint density at radius 3 is 2.60 bits per heavy atom. The molecule has 0 saturated carbocycles. The van der Waals surface area contributed by atoms with Gasteiger partial charge in [-0.25, -0.2) is 0 Å². The molecular weight excluding hydrogens is 343 g/mol. The van der Waals surface area contributed by atoms with Gasteiger partial charge in [-0.05, 0) is 40.8 Å². The summed E-state index contributed by atoms with van der Waals surface area (Å²) in [7, 11) is 0. The van der Waals surface area contributed by atoms with Gasteiger partial charge in [0.15, 0.2) is 0 Å². The van der Waals surface area contributed by atoms with E-state index in [1.807, 2.05) is 17.5 Å². The van der Waals surface area contributed by atoms with Gasteiger partial charge in [0.25, 0.3) is 0 Å². The number of pyridine rings is 1. The number of nitriles is 1. The standard InChI is InChI=1S/C6H4N2.C4H2ClIS/c7-4-6-2-1-3-8-5-6;5-3-1-4(6)7-2-3/h1-3,5H;1-2H. The van der Waals surface area contributed by atoms with Crippen LogP contribution in [-0.4, -0.2) is 4.98 Å². The summed E-state index contributed by atoms with van der Waals surface area (Å²) in [6.45, 7) is 0. The molecule has 2 aromatic rings. The van der Waals surface area contributed by atoms with Gasteiger partial charge in [0.1, 0.15) is 6.07 Å². The predicted molar refractivity (Wildman–Crippen MR) is 71.0 cm³/mol. The maximum absolute atomic E-state index is 8.25. The first kappa shape index (κ1) is 12.4. The van der Waals surface area contributed by atoms with Crippen molar-refractivity contribution < 1.29 is 0 Å². The van der Waals surface area contributed by atoms with Crippen molar-refractivity contribution in [1.29, 1.82) is 5.26 Å². The van der Waals surface area contributed by atoms with Gasteiger partial charge >= 0.3 is 0 Å². The fourth-order valence-corrected chi connectivity index (χ4v) is 2.41. The molecule has 5 heteroatoms. The molecule has 0 atom stereocenters. The van der Waals surface area contributed by atoms with E-state index in [4.69, 9.17) is 16.9 Å². The molecular formula is C10H6ClIN2S. The maximum atomic E-state index is 8.25. The fourth-order valence-electron chi connectivity index (χ4n) is 0.718. The number of hydrogen-bond acceptors (Lipinski definition) is 3. The minimum atomic E-state index is 0.604. The molecule has 2 aromatic heterocycles. The van der Waals surface area contributed by atoms with Crippen molar-refractivity contribution in [1.82, 2.24) is 4.98 Å². The first-order chi connectivity index (χ1) is 7.22. The van der Waals surface area contributed by atoms with E-state index >= 15 is 0 Å². The lowest BCUT2D eigenvalue weighted by molar-refractivity contribution is 1.30. The highest BCUT2D eigenvalue weighted by molar-refractivity contribution is 14.1. The molecule has 0 aromatic carbocycles. The Bertz CT molecular complexity index is 433. The van der Waals surface area contributed by atoms with E-state index < -0.39 is 0 Å². The van der Waals surface area contributed by atoms with Crippen LogP contribution in [0.5, 0.6) is 0 Å². The third-order valence-corrected chi connectivity index (χ3v) is 3.46. The minimum absolute atomic E-state index is 0.604. The second kappa shape index (κ2) is 6.77. The van der Waals surface area contributed by atoms with Crippen LogP contribution in [0.25, 0.3) is 0 Å². The van der Waals surface area contributed by atoms with Gasteiger partial charge in [-0.1, -0.05) is 11.6 Å². The zero-order valence-electron chi connectivity index (χ0n) is 7.52. The van der Waals surface area contributed by atoms with E-state index in [0.717, 1.165) is 5.02 Å². The van der Waals surface area contributed by atoms with Crippen LogP contribution >= 0.6 is 45.5 Å². The van der Waals surface area contributed by atoms with Gasteiger partial charge in [0.05, 0.1) is 13.5 Å². The summed E-state index contributed by atoms with van der Waals surface area (Å²) >= 11 is 9.46. The molecule has 76 valence electrons. The quantitative estimate of drug-likeness (QED) is 0.676. The number of nitrogens with zero attached hydrogens (tertiary/aromatic N) is 2. The highest BCUT2D eigenvalue weighted by atomic mass is 127. The van der Waals surface area contributed by atoms with Crippen LogP contribution in [0.4, 0.5) is 0 Å². The van der Waals surface area contributed by atoms with Gasteiger partial charge in [-0.3, -0.25) is 4.98 Å². The highest BCUT2D eigenvalue weighted by Gasteiger charge is 1.88. The highest BCUT2D eigenvalue weighted by Crippen LogP contribution is 2.19. The monoisotopic (exact) mass is 348 g/mol. The third-order valence-electron chi connectivity index (χ3n) is 1.33. The van der Waals surface area contributed by atoms with Crippen LogP contribution in [0.15, 0.2) is 36.0 Å². The average Bonchev–Trinajstić information content (AvgIpc) is 2.65. The normalized spacial score (nSPS) is 8.60. The van der Waals surface area contributed by atoms with Crippen LogP contribution in [0, 0.1) is 14.2 Å². The Balaban J connectivity index is 0.000000151. The summed E-state index contributed by atoms with van der Waals surface area (Å²) in [5.74, 6) is 0. The molecule has 0 aliphatic carbocycles. The first-order valence-corrected chi connectivity index (χ1v) is 6.25. The average molecular weight is 349 g/mol.